The van der Waals surface area contributed by atoms with Crippen LogP contribution in [0.15, 0.2) is 15.6 Å². The highest BCUT2D eigenvalue weighted by molar-refractivity contribution is 8.03. The molecule has 0 aromatic heterocycles. The van der Waals surface area contributed by atoms with Gasteiger partial charge < -0.3 is 31.5 Å². The number of nitrogens with two attached hydrogens (primary N) is 2. The third-order valence-corrected chi connectivity index (χ3v) is 8.70. The van der Waals surface area contributed by atoms with Crippen molar-refractivity contribution in [3.8, 4) is 0 Å². The Kier molecular flexibility index (Phi) is 6.36. The van der Waals surface area contributed by atoms with Crippen LogP contribution in [0.1, 0.15) is 26.7 Å². The minimum atomic E-state index is -1.13. The Morgan fingerprint density at radius 1 is 1.27 bits per heavy atom. The zero-order valence-corrected chi connectivity index (χ0v) is 19.9. The number of aliphatic carboxylic acids is 1. The van der Waals surface area contributed by atoms with Gasteiger partial charge in [-0.25, -0.2) is 9.79 Å². The van der Waals surface area contributed by atoms with Gasteiger partial charge in [-0.2, -0.15) is 0 Å². The number of likely N-dealkylation sites (N-methyl/N-ethyl adjacent to an activating group) is 1. The van der Waals surface area contributed by atoms with Crippen LogP contribution in [0.25, 0.3) is 0 Å². The van der Waals surface area contributed by atoms with Crippen LogP contribution in [-0.4, -0.2) is 105 Å². The fourth-order valence-corrected chi connectivity index (χ4v) is 7.25. The lowest BCUT2D eigenvalue weighted by Crippen LogP contribution is -2.63. The number of nitrogens with zero attached hydrogens (tertiary/aromatic N) is 4. The normalized spacial score (nSPS) is 35.0. The molecule has 0 unspecified atom stereocenters. The van der Waals surface area contributed by atoms with Crippen molar-refractivity contribution in [3.05, 3.63) is 10.6 Å². The third kappa shape index (κ3) is 4.08. The molecule has 4 heterocycles. The predicted octanol–water partition coefficient (Wildman–Crippen LogP) is -1.18. The molecule has 6 N–H and O–H groups in total. The maximum Gasteiger partial charge on any atom is 0.353 e. The number of aliphatic imine (C=N–C) groups is 1. The second-order valence-electron chi connectivity index (χ2n) is 9.48. The first-order chi connectivity index (χ1) is 15.5. The second kappa shape index (κ2) is 8.80. The largest absolute Gasteiger partial charge is 0.477 e. The molecule has 0 bridgehead atoms. The van der Waals surface area contributed by atoms with Crippen LogP contribution in [0.3, 0.4) is 0 Å². The van der Waals surface area contributed by atoms with Crippen molar-refractivity contribution in [2.24, 2.45) is 28.3 Å². The number of thioether (sulfide) groups is 1. The van der Waals surface area contributed by atoms with Crippen LogP contribution in [0.2, 0.25) is 0 Å². The first-order valence-corrected chi connectivity index (χ1v) is 12.1. The maximum atomic E-state index is 13.2. The summed E-state index contributed by atoms with van der Waals surface area (Å²) in [5.74, 6) is -2.17. The first-order valence-electron chi connectivity index (χ1n) is 11.2. The van der Waals surface area contributed by atoms with Crippen LogP contribution >= 0.6 is 11.8 Å². The van der Waals surface area contributed by atoms with Crippen LogP contribution in [0.5, 0.6) is 0 Å². The number of guanidine groups is 1. The van der Waals surface area contributed by atoms with E-state index in [0.29, 0.717) is 31.0 Å². The first kappa shape index (κ1) is 23.8. The molecule has 12 heteroatoms. The van der Waals surface area contributed by atoms with Gasteiger partial charge in [-0.3, -0.25) is 14.5 Å². The Labute approximate surface area is 196 Å². The Hall–Kier alpha value is -2.31. The lowest BCUT2D eigenvalue weighted by Gasteiger charge is -2.46. The van der Waals surface area contributed by atoms with E-state index >= 15 is 0 Å². The molecular weight excluding hydrogens is 448 g/mol. The summed E-state index contributed by atoms with van der Waals surface area (Å²) < 4.78 is 0. The second-order valence-corrected chi connectivity index (χ2v) is 10.8. The van der Waals surface area contributed by atoms with Crippen molar-refractivity contribution in [2.45, 2.75) is 56.2 Å². The summed E-state index contributed by atoms with van der Waals surface area (Å²) >= 11 is 1.46. The molecule has 2 amide bonds. The molecule has 0 aliphatic carbocycles. The van der Waals surface area contributed by atoms with Gasteiger partial charge in [0.2, 0.25) is 11.8 Å². The van der Waals surface area contributed by atoms with Crippen molar-refractivity contribution < 1.29 is 24.6 Å². The fourth-order valence-electron chi connectivity index (χ4n) is 5.65. The van der Waals surface area contributed by atoms with E-state index in [-0.39, 0.29) is 52.8 Å². The molecule has 0 radical (unpaired) electrons. The Balaban J connectivity index is 1.45. The Morgan fingerprint density at radius 2 is 1.97 bits per heavy atom. The Bertz CT molecular complexity index is 919. The van der Waals surface area contributed by atoms with Crippen LogP contribution in [-0.2, 0) is 14.4 Å². The summed E-state index contributed by atoms with van der Waals surface area (Å²) in [7, 11) is 1.90. The van der Waals surface area contributed by atoms with E-state index in [0.717, 1.165) is 6.42 Å². The summed E-state index contributed by atoms with van der Waals surface area (Å²) in [6, 6.07) is -0.711. The molecule has 4 aliphatic rings. The minimum absolute atomic E-state index is 0.0191. The minimum Gasteiger partial charge on any atom is -0.477 e. The number of carbonyl (C=O) groups is 3. The van der Waals surface area contributed by atoms with E-state index in [1.165, 1.54) is 16.7 Å². The number of carboxylic acids is 1. The third-order valence-electron chi connectivity index (χ3n) is 7.21. The monoisotopic (exact) mass is 480 g/mol. The Morgan fingerprint density at radius 3 is 2.58 bits per heavy atom. The van der Waals surface area contributed by atoms with E-state index in [9.17, 15) is 24.6 Å². The summed E-state index contributed by atoms with van der Waals surface area (Å²) in [6.45, 7) is 5.20. The smallest absolute Gasteiger partial charge is 0.353 e. The summed E-state index contributed by atoms with van der Waals surface area (Å²) in [6.07, 6.45) is 0.481. The standard InChI is InChI=1S/C21H32N6O5S/c1-9-15-14(10(2)28)19(30)27(15)16(20(31)32)17(9)33-12-6-13(25(3)8-12)18(29)26-5-4-11(7-26)24-21(22)23/h9-15,28H,4-8H2,1-3H3,(H,31,32)(H4,22,23,24)/t9-,10-,11+,12+,13+,14-,15-/m1/s1. The number of fused-ring (bicyclic) bond motifs is 1. The molecular formula is C21H32N6O5S. The van der Waals surface area contributed by atoms with Gasteiger partial charge in [-0.1, -0.05) is 6.92 Å². The number of β-lactam (4-membered cyclic amide) rings is 1. The van der Waals surface area contributed by atoms with E-state index in [1.807, 2.05) is 18.9 Å². The molecule has 3 saturated heterocycles. The zero-order chi connectivity index (χ0) is 24.2. The van der Waals surface area contributed by atoms with Crippen LogP contribution < -0.4 is 11.5 Å². The van der Waals surface area contributed by atoms with Gasteiger partial charge in [0.1, 0.15) is 5.70 Å². The van der Waals surface area contributed by atoms with Crippen LogP contribution in [0.4, 0.5) is 0 Å². The number of hydrogen-bond donors (Lipinski definition) is 4. The van der Waals surface area contributed by atoms with E-state index < -0.39 is 18.0 Å². The summed E-state index contributed by atoms with van der Waals surface area (Å²) in [5, 5.41) is 19.9. The maximum absolute atomic E-state index is 13.2. The van der Waals surface area contributed by atoms with E-state index in [4.69, 9.17) is 11.5 Å². The quantitative estimate of drug-likeness (QED) is 0.208. The number of likely N-dealkylation sites (tertiary alicyclic amines) is 2. The van der Waals surface area contributed by atoms with Gasteiger partial charge >= 0.3 is 5.97 Å². The van der Waals surface area contributed by atoms with Gasteiger partial charge in [0.05, 0.1) is 30.1 Å². The lowest BCUT2D eigenvalue weighted by molar-refractivity contribution is -0.163. The molecule has 0 saturated carbocycles. The predicted molar refractivity (Wildman–Crippen MR) is 123 cm³/mol. The molecule has 11 nitrogen and oxygen atoms in total. The van der Waals surface area contributed by atoms with Gasteiger partial charge in [0.15, 0.2) is 5.96 Å². The average molecular weight is 481 g/mol. The molecule has 0 aromatic rings. The number of amides is 2. The van der Waals surface area contributed by atoms with Gasteiger partial charge in [0.25, 0.3) is 0 Å². The molecule has 33 heavy (non-hydrogen) atoms. The summed E-state index contributed by atoms with van der Waals surface area (Å²) in [4.78, 5) is 47.7. The van der Waals surface area contributed by atoms with E-state index in [2.05, 4.69) is 4.99 Å². The van der Waals surface area contributed by atoms with Gasteiger partial charge in [-0.15, -0.1) is 11.8 Å². The number of carboxylic acid groups (broad SMARTS) is 1. The number of rotatable bonds is 6. The average Bonchev–Trinajstić information content (AvgIpc) is 3.37. The van der Waals surface area contributed by atoms with Crippen LogP contribution in [0, 0.1) is 11.8 Å². The van der Waals surface area contributed by atoms with Crippen molar-refractivity contribution in [1.29, 1.82) is 0 Å². The zero-order valence-electron chi connectivity index (χ0n) is 19.0. The highest BCUT2D eigenvalue weighted by Crippen LogP contribution is 2.52. The summed E-state index contributed by atoms with van der Waals surface area (Å²) in [5.41, 5.74) is 11.0. The fraction of sp³-hybridized carbons (Fsp3) is 0.714. The highest BCUT2D eigenvalue weighted by atomic mass is 32.2. The molecule has 4 aliphatic heterocycles. The molecule has 3 fully saturated rings. The molecule has 0 spiro atoms. The van der Waals surface area contributed by atoms with Gasteiger partial charge in [0, 0.05) is 35.7 Å². The topological polar surface area (TPSA) is 166 Å². The molecule has 7 atom stereocenters. The molecule has 182 valence electrons. The lowest BCUT2D eigenvalue weighted by atomic mass is 9.79. The van der Waals surface area contributed by atoms with Gasteiger partial charge in [-0.05, 0) is 26.8 Å². The van der Waals surface area contributed by atoms with Crippen molar-refractivity contribution in [3.63, 3.8) is 0 Å². The SMILES string of the molecule is C[C@@H](O)[C@H]1C(=O)N2C(C(=O)O)=C(S[C@H]3C[C@@H](C(=O)N4CC[C@H](N=C(N)N)C4)N(C)C3)[C@H](C)[C@H]12. The molecule has 4 rings (SSSR count). The van der Waals surface area contributed by atoms with Crippen molar-refractivity contribution >= 4 is 35.5 Å². The van der Waals surface area contributed by atoms with E-state index in [1.54, 1.807) is 11.8 Å². The van der Waals surface area contributed by atoms with Crippen molar-refractivity contribution in [1.82, 2.24) is 14.7 Å². The number of aliphatic hydroxyl groups excluding tert-OH is 1. The number of aliphatic hydroxyl groups is 1. The van der Waals surface area contributed by atoms with Crippen molar-refractivity contribution in [2.75, 3.05) is 26.7 Å². The highest BCUT2D eigenvalue weighted by Gasteiger charge is 2.60. The molecule has 0 aromatic carbocycles. The number of carbonyl (C=O) groups excluding carboxylic acids is 2. The number of hydrogen-bond acceptors (Lipinski definition) is 7.